The largest absolute Gasteiger partial charge is 0.370 e. The van der Waals surface area contributed by atoms with E-state index in [4.69, 9.17) is 4.98 Å². The third-order valence-corrected chi connectivity index (χ3v) is 3.91. The number of rotatable bonds is 7. The van der Waals surface area contributed by atoms with Crippen LogP contribution in [0.25, 0.3) is 0 Å². The summed E-state index contributed by atoms with van der Waals surface area (Å²) in [6.07, 6.45) is 5.28. The lowest BCUT2D eigenvalue weighted by atomic mass is 10.3. The smallest absolute Gasteiger partial charge is 0.136 e. The second-order valence-electron chi connectivity index (χ2n) is 5.76. The highest BCUT2D eigenvalue weighted by atomic mass is 15.2. The Morgan fingerprint density at radius 3 is 2.58 bits per heavy atom. The Kier molecular flexibility index (Phi) is 3.58. The molecular weight excluding hydrogens is 236 g/mol. The number of nitrogens with one attached hydrogen (secondary N) is 1. The van der Waals surface area contributed by atoms with Gasteiger partial charge in [-0.05, 0) is 45.4 Å². The summed E-state index contributed by atoms with van der Waals surface area (Å²) in [6.45, 7) is 7.43. The molecule has 1 aromatic heterocycles. The molecule has 4 heteroatoms. The SMILES string of the molecule is CCNc1cc(N(CC)CC2CC2)nc(C2CC2)n1. The second kappa shape index (κ2) is 5.35. The maximum atomic E-state index is 4.80. The summed E-state index contributed by atoms with van der Waals surface area (Å²) in [4.78, 5) is 11.9. The Hall–Kier alpha value is -1.32. The van der Waals surface area contributed by atoms with E-state index in [0.29, 0.717) is 5.92 Å². The molecule has 104 valence electrons. The fourth-order valence-electron chi connectivity index (χ4n) is 2.41. The first-order valence-corrected chi connectivity index (χ1v) is 7.68. The van der Waals surface area contributed by atoms with Crippen molar-refractivity contribution in [2.45, 2.75) is 45.4 Å². The fourth-order valence-corrected chi connectivity index (χ4v) is 2.41. The van der Waals surface area contributed by atoms with Crippen molar-refractivity contribution in [2.75, 3.05) is 29.9 Å². The van der Waals surface area contributed by atoms with Crippen LogP contribution in [0.3, 0.4) is 0 Å². The van der Waals surface area contributed by atoms with Crippen LogP contribution in [0.1, 0.15) is 51.3 Å². The molecule has 0 aliphatic heterocycles. The molecule has 4 nitrogen and oxygen atoms in total. The lowest BCUT2D eigenvalue weighted by Crippen LogP contribution is -2.26. The molecule has 3 rings (SSSR count). The molecule has 1 aromatic rings. The number of aromatic nitrogens is 2. The maximum absolute atomic E-state index is 4.80. The van der Waals surface area contributed by atoms with Crippen LogP contribution in [-0.4, -0.2) is 29.6 Å². The van der Waals surface area contributed by atoms with Crippen LogP contribution in [0.5, 0.6) is 0 Å². The van der Waals surface area contributed by atoms with E-state index in [1.807, 2.05) is 0 Å². The van der Waals surface area contributed by atoms with E-state index < -0.39 is 0 Å². The monoisotopic (exact) mass is 260 g/mol. The van der Waals surface area contributed by atoms with Gasteiger partial charge in [0.05, 0.1) is 0 Å². The van der Waals surface area contributed by atoms with Crippen LogP contribution >= 0.6 is 0 Å². The predicted molar refractivity (Wildman–Crippen MR) is 78.8 cm³/mol. The van der Waals surface area contributed by atoms with Gasteiger partial charge in [0, 0.05) is 31.6 Å². The van der Waals surface area contributed by atoms with Crippen molar-refractivity contribution in [1.29, 1.82) is 0 Å². The van der Waals surface area contributed by atoms with Gasteiger partial charge in [-0.3, -0.25) is 0 Å². The molecule has 0 radical (unpaired) electrons. The summed E-state index contributed by atoms with van der Waals surface area (Å²) in [5.41, 5.74) is 0. The average molecular weight is 260 g/mol. The zero-order valence-electron chi connectivity index (χ0n) is 12.0. The molecule has 1 N–H and O–H groups in total. The molecule has 2 fully saturated rings. The molecule has 0 spiro atoms. The van der Waals surface area contributed by atoms with Gasteiger partial charge in [0.2, 0.25) is 0 Å². The molecule has 1 heterocycles. The Bertz CT molecular complexity index is 438. The van der Waals surface area contributed by atoms with E-state index in [1.54, 1.807) is 0 Å². The van der Waals surface area contributed by atoms with E-state index in [-0.39, 0.29) is 0 Å². The highest BCUT2D eigenvalue weighted by molar-refractivity contribution is 5.50. The zero-order chi connectivity index (χ0) is 13.2. The topological polar surface area (TPSA) is 41.0 Å². The minimum atomic E-state index is 0.608. The lowest BCUT2D eigenvalue weighted by Gasteiger charge is -2.23. The minimum Gasteiger partial charge on any atom is -0.370 e. The van der Waals surface area contributed by atoms with Crippen LogP contribution in [0.4, 0.5) is 11.6 Å². The third kappa shape index (κ3) is 3.17. The Balaban J connectivity index is 1.83. The van der Waals surface area contributed by atoms with Crippen LogP contribution in [-0.2, 0) is 0 Å². The summed E-state index contributed by atoms with van der Waals surface area (Å²) in [5, 5.41) is 3.34. The first kappa shape index (κ1) is 12.7. The normalized spacial score (nSPS) is 18.4. The van der Waals surface area contributed by atoms with Gasteiger partial charge in [-0.15, -0.1) is 0 Å². The van der Waals surface area contributed by atoms with Crippen LogP contribution in [0, 0.1) is 5.92 Å². The first-order valence-electron chi connectivity index (χ1n) is 7.68. The van der Waals surface area contributed by atoms with Crippen molar-refractivity contribution in [3.8, 4) is 0 Å². The van der Waals surface area contributed by atoms with Crippen molar-refractivity contribution in [1.82, 2.24) is 9.97 Å². The van der Waals surface area contributed by atoms with E-state index in [0.717, 1.165) is 43.0 Å². The molecule has 0 amide bonds. The second-order valence-corrected chi connectivity index (χ2v) is 5.76. The standard InChI is InChI=1S/C15H24N4/c1-3-16-13-9-14(18-15(17-13)12-7-8-12)19(4-2)10-11-5-6-11/h9,11-12H,3-8,10H2,1-2H3,(H,16,17,18). The Morgan fingerprint density at radius 2 is 2.00 bits per heavy atom. The number of anilines is 2. The molecule has 0 aromatic carbocycles. The molecule has 0 unspecified atom stereocenters. The van der Waals surface area contributed by atoms with Gasteiger partial charge in [0.25, 0.3) is 0 Å². The van der Waals surface area contributed by atoms with E-state index in [1.165, 1.54) is 25.7 Å². The van der Waals surface area contributed by atoms with Crippen molar-refractivity contribution in [2.24, 2.45) is 5.92 Å². The Morgan fingerprint density at radius 1 is 1.21 bits per heavy atom. The predicted octanol–water partition coefficient (Wildman–Crippen LogP) is 3.02. The van der Waals surface area contributed by atoms with E-state index >= 15 is 0 Å². The summed E-state index contributed by atoms with van der Waals surface area (Å²) in [5.74, 6) is 4.65. The molecule has 2 aliphatic rings. The third-order valence-electron chi connectivity index (χ3n) is 3.91. The maximum Gasteiger partial charge on any atom is 0.136 e. The molecule has 0 saturated heterocycles. The van der Waals surface area contributed by atoms with Gasteiger partial charge in [-0.2, -0.15) is 0 Å². The molecule has 0 bridgehead atoms. The highest BCUT2D eigenvalue weighted by Gasteiger charge is 2.29. The zero-order valence-corrected chi connectivity index (χ0v) is 12.0. The van der Waals surface area contributed by atoms with Gasteiger partial charge in [0.15, 0.2) is 0 Å². The van der Waals surface area contributed by atoms with Crippen molar-refractivity contribution in [3.63, 3.8) is 0 Å². The van der Waals surface area contributed by atoms with Gasteiger partial charge in [0.1, 0.15) is 17.5 Å². The van der Waals surface area contributed by atoms with Gasteiger partial charge >= 0.3 is 0 Å². The molecular formula is C15H24N4. The number of nitrogens with zero attached hydrogens (tertiary/aromatic N) is 3. The molecule has 19 heavy (non-hydrogen) atoms. The molecule has 2 aliphatic carbocycles. The van der Waals surface area contributed by atoms with Crippen molar-refractivity contribution < 1.29 is 0 Å². The van der Waals surface area contributed by atoms with E-state index in [2.05, 4.69) is 35.1 Å². The Labute approximate surface area is 115 Å². The van der Waals surface area contributed by atoms with Crippen molar-refractivity contribution in [3.05, 3.63) is 11.9 Å². The van der Waals surface area contributed by atoms with E-state index in [9.17, 15) is 0 Å². The van der Waals surface area contributed by atoms with Gasteiger partial charge in [-0.25, -0.2) is 9.97 Å². The summed E-state index contributed by atoms with van der Waals surface area (Å²) in [6, 6.07) is 2.11. The number of hydrogen-bond acceptors (Lipinski definition) is 4. The van der Waals surface area contributed by atoms with Crippen molar-refractivity contribution >= 4 is 11.6 Å². The van der Waals surface area contributed by atoms with Crippen LogP contribution in [0.15, 0.2) is 6.07 Å². The summed E-state index contributed by atoms with van der Waals surface area (Å²) >= 11 is 0. The summed E-state index contributed by atoms with van der Waals surface area (Å²) < 4.78 is 0. The highest BCUT2D eigenvalue weighted by Crippen LogP contribution is 2.39. The fraction of sp³-hybridized carbons (Fsp3) is 0.733. The summed E-state index contributed by atoms with van der Waals surface area (Å²) in [7, 11) is 0. The lowest BCUT2D eigenvalue weighted by molar-refractivity contribution is 0.725. The quantitative estimate of drug-likeness (QED) is 0.818. The molecule has 2 saturated carbocycles. The minimum absolute atomic E-state index is 0.608. The van der Waals surface area contributed by atoms with Gasteiger partial charge in [-0.1, -0.05) is 0 Å². The average Bonchev–Trinajstić information content (AvgIpc) is 3.29. The first-order chi connectivity index (χ1) is 9.30. The van der Waals surface area contributed by atoms with Gasteiger partial charge < -0.3 is 10.2 Å². The van der Waals surface area contributed by atoms with Crippen LogP contribution in [0.2, 0.25) is 0 Å². The molecule has 0 atom stereocenters. The number of hydrogen-bond donors (Lipinski definition) is 1. The van der Waals surface area contributed by atoms with Crippen LogP contribution < -0.4 is 10.2 Å².